The molecule has 0 saturated carbocycles. The van der Waals surface area contributed by atoms with Crippen LogP contribution in [0.2, 0.25) is 0 Å². The third kappa shape index (κ3) is 2.15. The van der Waals surface area contributed by atoms with Crippen LogP contribution >= 0.6 is 0 Å². The molecule has 2 heterocycles. The highest BCUT2D eigenvalue weighted by Gasteiger charge is 2.26. The van der Waals surface area contributed by atoms with E-state index >= 15 is 0 Å². The largest absolute Gasteiger partial charge is 0.453 e. The lowest BCUT2D eigenvalue weighted by molar-refractivity contribution is 0.167. The highest BCUT2D eigenvalue weighted by Crippen LogP contribution is 2.16. The van der Waals surface area contributed by atoms with Crippen molar-refractivity contribution in [3.8, 4) is 0 Å². The summed E-state index contributed by atoms with van der Waals surface area (Å²) in [6.07, 6.45) is 0.421. The quantitative estimate of drug-likeness (QED) is 0.616. The number of hydrogen-bond donors (Lipinski definition) is 3. The fraction of sp³-hybridized carbons (Fsp3) is 0.625. The zero-order valence-corrected chi connectivity index (χ0v) is 8.93. The van der Waals surface area contributed by atoms with Crippen LogP contribution in [0, 0.1) is 0 Å². The van der Waals surface area contributed by atoms with Crippen LogP contribution in [-0.4, -0.2) is 47.5 Å². The number of alkyl carbamates (subject to hydrolysis) is 1. The molecule has 1 fully saturated rings. The summed E-state index contributed by atoms with van der Waals surface area (Å²) in [5.41, 5.74) is 5.44. The number of carbonyl (C=O) groups is 1. The van der Waals surface area contributed by atoms with Gasteiger partial charge in [0.05, 0.1) is 13.2 Å². The van der Waals surface area contributed by atoms with Gasteiger partial charge in [-0.2, -0.15) is 4.98 Å². The molecule has 1 amide bonds. The van der Waals surface area contributed by atoms with Gasteiger partial charge in [0, 0.05) is 13.1 Å². The summed E-state index contributed by atoms with van der Waals surface area (Å²) in [4.78, 5) is 17.0. The van der Waals surface area contributed by atoms with Crippen LogP contribution in [0.15, 0.2) is 0 Å². The predicted octanol–water partition coefficient (Wildman–Crippen LogP) is -0.678. The molecule has 1 saturated heterocycles. The van der Waals surface area contributed by atoms with Crippen molar-refractivity contribution in [2.75, 3.05) is 30.8 Å². The van der Waals surface area contributed by atoms with Gasteiger partial charge in [-0.15, -0.1) is 5.10 Å². The van der Waals surface area contributed by atoms with Crippen molar-refractivity contribution in [1.82, 2.24) is 20.5 Å². The number of carbonyl (C=O) groups excluding carboxylic acids is 1. The number of methoxy groups -OCH3 is 1. The first-order valence-electron chi connectivity index (χ1n) is 4.96. The second-order valence-electron chi connectivity index (χ2n) is 3.59. The third-order valence-electron chi connectivity index (χ3n) is 2.47. The van der Waals surface area contributed by atoms with Crippen molar-refractivity contribution in [3.05, 3.63) is 0 Å². The number of aromatic amines is 1. The lowest BCUT2D eigenvalue weighted by Gasteiger charge is -2.14. The molecule has 1 aromatic rings. The molecular weight excluding hydrogens is 212 g/mol. The van der Waals surface area contributed by atoms with Crippen LogP contribution in [0.1, 0.15) is 6.42 Å². The van der Waals surface area contributed by atoms with E-state index in [1.54, 1.807) is 0 Å². The maximum atomic E-state index is 11.0. The number of H-pyrrole nitrogens is 1. The Labute approximate surface area is 92.2 Å². The molecule has 1 atom stereocenters. The summed E-state index contributed by atoms with van der Waals surface area (Å²) in [6, 6.07) is 0.0622. The third-order valence-corrected chi connectivity index (χ3v) is 2.47. The van der Waals surface area contributed by atoms with Gasteiger partial charge in [0.15, 0.2) is 0 Å². The Hall–Kier alpha value is -1.99. The summed E-state index contributed by atoms with van der Waals surface area (Å²) in [5.74, 6) is 0.853. The topological polar surface area (TPSA) is 109 Å². The number of anilines is 2. The van der Waals surface area contributed by atoms with Crippen LogP contribution in [0.3, 0.4) is 0 Å². The van der Waals surface area contributed by atoms with Crippen LogP contribution in [-0.2, 0) is 4.74 Å². The van der Waals surface area contributed by atoms with Gasteiger partial charge in [0.1, 0.15) is 0 Å². The van der Waals surface area contributed by atoms with Gasteiger partial charge in [0.2, 0.25) is 11.9 Å². The number of rotatable bonds is 2. The molecule has 8 heteroatoms. The molecule has 0 radical (unpaired) electrons. The Balaban J connectivity index is 1.90. The molecule has 0 aromatic carbocycles. The molecule has 2 rings (SSSR count). The maximum Gasteiger partial charge on any atom is 0.407 e. The molecular formula is C8H14N6O2. The Morgan fingerprint density at radius 3 is 3.19 bits per heavy atom. The highest BCUT2D eigenvalue weighted by molar-refractivity contribution is 5.67. The molecule has 0 aliphatic carbocycles. The normalized spacial score (nSPS) is 19.8. The summed E-state index contributed by atoms with van der Waals surface area (Å²) in [6.45, 7) is 1.44. The molecule has 8 nitrogen and oxygen atoms in total. The minimum atomic E-state index is -0.415. The van der Waals surface area contributed by atoms with Crippen molar-refractivity contribution in [1.29, 1.82) is 0 Å². The smallest absolute Gasteiger partial charge is 0.407 e. The number of aromatic nitrogens is 3. The van der Waals surface area contributed by atoms with Gasteiger partial charge in [-0.3, -0.25) is 0 Å². The molecule has 1 aromatic heterocycles. The lowest BCUT2D eigenvalue weighted by Crippen LogP contribution is -2.37. The minimum absolute atomic E-state index is 0.0622. The maximum absolute atomic E-state index is 11.0. The number of nitrogens with two attached hydrogens (primary N) is 1. The minimum Gasteiger partial charge on any atom is -0.453 e. The molecule has 0 bridgehead atoms. The van der Waals surface area contributed by atoms with E-state index in [2.05, 4.69) is 25.2 Å². The zero-order valence-electron chi connectivity index (χ0n) is 8.93. The second-order valence-corrected chi connectivity index (χ2v) is 3.59. The number of ether oxygens (including phenoxy) is 1. The molecule has 1 unspecified atom stereocenters. The second kappa shape index (κ2) is 4.25. The highest BCUT2D eigenvalue weighted by atomic mass is 16.5. The van der Waals surface area contributed by atoms with Crippen LogP contribution in [0.5, 0.6) is 0 Å². The van der Waals surface area contributed by atoms with Crippen LogP contribution < -0.4 is 16.0 Å². The average Bonchev–Trinajstić information content (AvgIpc) is 2.87. The van der Waals surface area contributed by atoms with E-state index in [1.165, 1.54) is 7.11 Å². The van der Waals surface area contributed by atoms with Crippen LogP contribution in [0.25, 0.3) is 0 Å². The molecule has 0 spiro atoms. The number of hydrogen-bond acceptors (Lipinski definition) is 6. The van der Waals surface area contributed by atoms with Crippen molar-refractivity contribution in [2.24, 2.45) is 0 Å². The molecule has 88 valence electrons. The van der Waals surface area contributed by atoms with E-state index in [0.717, 1.165) is 13.0 Å². The Bertz CT molecular complexity index is 378. The summed E-state index contributed by atoms with van der Waals surface area (Å²) >= 11 is 0. The number of nitrogen functional groups attached to an aromatic ring is 1. The fourth-order valence-corrected chi connectivity index (χ4v) is 1.69. The molecule has 16 heavy (non-hydrogen) atoms. The first-order valence-corrected chi connectivity index (χ1v) is 4.96. The van der Waals surface area contributed by atoms with Gasteiger partial charge in [-0.1, -0.05) is 0 Å². The number of nitrogens with zero attached hydrogens (tertiary/aromatic N) is 3. The summed E-state index contributed by atoms with van der Waals surface area (Å²) in [5, 5.41) is 9.26. The molecule has 1 aliphatic heterocycles. The molecule has 1 aliphatic rings. The van der Waals surface area contributed by atoms with E-state index in [1.807, 2.05) is 4.90 Å². The van der Waals surface area contributed by atoms with E-state index in [4.69, 9.17) is 5.73 Å². The fourth-order valence-electron chi connectivity index (χ4n) is 1.69. The van der Waals surface area contributed by atoms with Crippen LogP contribution in [0.4, 0.5) is 16.7 Å². The Morgan fingerprint density at radius 2 is 2.56 bits per heavy atom. The lowest BCUT2D eigenvalue weighted by atomic mass is 10.3. The van der Waals surface area contributed by atoms with Gasteiger partial charge < -0.3 is 20.7 Å². The summed E-state index contributed by atoms with van der Waals surface area (Å²) < 4.78 is 4.53. The summed E-state index contributed by atoms with van der Waals surface area (Å²) in [7, 11) is 1.35. The van der Waals surface area contributed by atoms with Gasteiger partial charge >= 0.3 is 6.09 Å². The van der Waals surface area contributed by atoms with Crippen molar-refractivity contribution in [2.45, 2.75) is 12.5 Å². The Morgan fingerprint density at radius 1 is 1.75 bits per heavy atom. The standard InChI is InChI=1S/C8H14N6O2/c1-16-8(15)10-5-2-3-14(4-5)7-11-6(9)12-13-7/h5H,2-4H2,1H3,(H,10,15)(H3,9,11,12,13). The first kappa shape index (κ1) is 10.5. The number of amides is 1. The zero-order chi connectivity index (χ0) is 11.5. The van der Waals surface area contributed by atoms with Crippen molar-refractivity contribution < 1.29 is 9.53 Å². The van der Waals surface area contributed by atoms with E-state index in [9.17, 15) is 4.79 Å². The first-order chi connectivity index (χ1) is 7.69. The predicted molar refractivity (Wildman–Crippen MR) is 57.0 cm³/mol. The van der Waals surface area contributed by atoms with Gasteiger partial charge in [-0.05, 0) is 6.42 Å². The average molecular weight is 226 g/mol. The van der Waals surface area contributed by atoms with E-state index < -0.39 is 6.09 Å². The van der Waals surface area contributed by atoms with Gasteiger partial charge in [0.25, 0.3) is 0 Å². The van der Waals surface area contributed by atoms with Gasteiger partial charge in [-0.25, -0.2) is 9.89 Å². The van der Waals surface area contributed by atoms with E-state index in [-0.39, 0.29) is 6.04 Å². The van der Waals surface area contributed by atoms with E-state index in [0.29, 0.717) is 18.4 Å². The molecule has 4 N–H and O–H groups in total. The Kier molecular flexibility index (Phi) is 2.80. The SMILES string of the molecule is COC(=O)NC1CCN(c2n[nH]c(N)n2)C1. The van der Waals surface area contributed by atoms with Crippen molar-refractivity contribution >= 4 is 18.0 Å². The number of nitrogens with one attached hydrogen (secondary N) is 2. The monoisotopic (exact) mass is 226 g/mol. The van der Waals surface area contributed by atoms with Crippen molar-refractivity contribution in [3.63, 3.8) is 0 Å².